The standard InChI is InChI=1S/C25H26N4O2/c30-24-14-22(17-29(24)23-10-9-20-3-1-4-21(20)13-23)25(31)26-15-18-5-7-19(8-6-18)16-28-12-2-11-27-28/h2,5-13,22H,1,3-4,14-17H2,(H,26,31)/t22-/m1/s1. The second-order valence-electron chi connectivity index (χ2n) is 8.45. The lowest BCUT2D eigenvalue weighted by molar-refractivity contribution is -0.126. The van der Waals surface area contributed by atoms with E-state index in [1.54, 1.807) is 11.1 Å². The molecule has 1 N–H and O–H groups in total. The van der Waals surface area contributed by atoms with E-state index in [-0.39, 0.29) is 24.2 Å². The minimum Gasteiger partial charge on any atom is -0.352 e. The molecule has 1 aliphatic carbocycles. The van der Waals surface area contributed by atoms with Crippen molar-refractivity contribution in [3.8, 4) is 0 Å². The zero-order valence-electron chi connectivity index (χ0n) is 17.5. The Morgan fingerprint density at radius 2 is 1.87 bits per heavy atom. The highest BCUT2D eigenvalue weighted by molar-refractivity contribution is 6.00. The number of hydrogen-bond donors (Lipinski definition) is 1. The van der Waals surface area contributed by atoms with Crippen LogP contribution < -0.4 is 10.2 Å². The molecular formula is C25H26N4O2. The van der Waals surface area contributed by atoms with Crippen molar-refractivity contribution in [2.45, 2.75) is 38.8 Å². The third-order valence-electron chi connectivity index (χ3n) is 6.28. The fourth-order valence-corrected chi connectivity index (χ4v) is 4.54. The van der Waals surface area contributed by atoms with E-state index in [1.165, 1.54) is 17.5 Å². The van der Waals surface area contributed by atoms with Gasteiger partial charge in [0.05, 0.1) is 12.5 Å². The van der Waals surface area contributed by atoms with Crippen LogP contribution in [0, 0.1) is 5.92 Å². The number of anilines is 1. The smallest absolute Gasteiger partial charge is 0.227 e. The zero-order valence-corrected chi connectivity index (χ0v) is 17.5. The van der Waals surface area contributed by atoms with Gasteiger partial charge in [-0.3, -0.25) is 14.3 Å². The molecule has 2 heterocycles. The van der Waals surface area contributed by atoms with Crippen molar-refractivity contribution in [1.29, 1.82) is 0 Å². The molecule has 2 amide bonds. The SMILES string of the molecule is O=C(NCc1ccc(Cn2cccn2)cc1)[C@@H]1CC(=O)N(c2ccc3c(c2)CCC3)C1. The molecule has 3 aromatic rings. The summed E-state index contributed by atoms with van der Waals surface area (Å²) in [5.41, 5.74) is 5.85. The van der Waals surface area contributed by atoms with Gasteiger partial charge >= 0.3 is 0 Å². The van der Waals surface area contributed by atoms with E-state index >= 15 is 0 Å². The van der Waals surface area contributed by atoms with Crippen LogP contribution in [0.3, 0.4) is 0 Å². The summed E-state index contributed by atoms with van der Waals surface area (Å²) in [7, 11) is 0. The van der Waals surface area contributed by atoms with Crippen LogP contribution in [-0.4, -0.2) is 28.1 Å². The first-order chi connectivity index (χ1) is 15.2. The molecule has 2 aromatic carbocycles. The van der Waals surface area contributed by atoms with Gasteiger partial charge in [-0.25, -0.2) is 0 Å². The van der Waals surface area contributed by atoms with Gasteiger partial charge in [-0.05, 0) is 59.7 Å². The minimum atomic E-state index is -0.306. The molecule has 1 aromatic heterocycles. The molecule has 2 aliphatic rings. The number of fused-ring (bicyclic) bond motifs is 1. The highest BCUT2D eigenvalue weighted by atomic mass is 16.2. The van der Waals surface area contributed by atoms with E-state index in [1.807, 2.05) is 35.1 Å². The molecule has 6 heteroatoms. The van der Waals surface area contributed by atoms with Gasteiger partial charge in [0.15, 0.2) is 0 Å². The van der Waals surface area contributed by atoms with Gasteiger partial charge in [0.25, 0.3) is 0 Å². The lowest BCUT2D eigenvalue weighted by Crippen LogP contribution is -2.32. The minimum absolute atomic E-state index is 0.0288. The topological polar surface area (TPSA) is 67.2 Å². The zero-order chi connectivity index (χ0) is 21.2. The van der Waals surface area contributed by atoms with Gasteiger partial charge in [0, 0.05) is 37.6 Å². The van der Waals surface area contributed by atoms with Crippen LogP contribution in [0.25, 0.3) is 0 Å². The Morgan fingerprint density at radius 3 is 2.68 bits per heavy atom. The Kier molecular flexibility index (Phi) is 5.28. The number of aromatic nitrogens is 2. The fourth-order valence-electron chi connectivity index (χ4n) is 4.54. The van der Waals surface area contributed by atoms with E-state index in [4.69, 9.17) is 0 Å². The van der Waals surface area contributed by atoms with E-state index in [0.29, 0.717) is 13.1 Å². The van der Waals surface area contributed by atoms with Crippen LogP contribution in [0.2, 0.25) is 0 Å². The number of nitrogens with zero attached hydrogens (tertiary/aromatic N) is 3. The van der Waals surface area contributed by atoms with Crippen LogP contribution >= 0.6 is 0 Å². The van der Waals surface area contributed by atoms with E-state index < -0.39 is 0 Å². The van der Waals surface area contributed by atoms with Gasteiger partial charge in [0.1, 0.15) is 0 Å². The number of aryl methyl sites for hydroxylation is 2. The van der Waals surface area contributed by atoms with Gasteiger partial charge in [-0.2, -0.15) is 5.10 Å². The Balaban J connectivity index is 1.16. The summed E-state index contributed by atoms with van der Waals surface area (Å²) in [6, 6.07) is 16.3. The van der Waals surface area contributed by atoms with Crippen molar-refractivity contribution in [2.24, 2.45) is 5.92 Å². The number of hydrogen-bond acceptors (Lipinski definition) is 3. The van der Waals surface area contributed by atoms with Gasteiger partial charge in [0.2, 0.25) is 11.8 Å². The number of carbonyl (C=O) groups excluding carboxylic acids is 2. The summed E-state index contributed by atoms with van der Waals surface area (Å²) >= 11 is 0. The maximum absolute atomic E-state index is 12.7. The Labute approximate surface area is 181 Å². The van der Waals surface area contributed by atoms with Crippen LogP contribution in [-0.2, 0) is 35.5 Å². The van der Waals surface area contributed by atoms with Crippen LogP contribution in [0.1, 0.15) is 35.1 Å². The van der Waals surface area contributed by atoms with Gasteiger partial charge in [-0.1, -0.05) is 30.3 Å². The second-order valence-corrected chi connectivity index (χ2v) is 8.45. The molecule has 31 heavy (non-hydrogen) atoms. The van der Waals surface area contributed by atoms with Crippen molar-refractivity contribution in [3.05, 3.63) is 83.2 Å². The molecule has 0 saturated carbocycles. The molecule has 1 aliphatic heterocycles. The molecule has 158 valence electrons. The average molecular weight is 415 g/mol. The van der Waals surface area contributed by atoms with Crippen molar-refractivity contribution in [3.63, 3.8) is 0 Å². The third kappa shape index (κ3) is 4.24. The molecule has 0 radical (unpaired) electrons. The summed E-state index contributed by atoms with van der Waals surface area (Å²) in [5, 5.41) is 7.22. The summed E-state index contributed by atoms with van der Waals surface area (Å²) in [6.07, 6.45) is 7.36. The first kappa shape index (κ1) is 19.5. The first-order valence-electron chi connectivity index (χ1n) is 10.9. The lowest BCUT2D eigenvalue weighted by atomic mass is 10.1. The maximum atomic E-state index is 12.7. The summed E-state index contributed by atoms with van der Waals surface area (Å²) in [4.78, 5) is 27.0. The highest BCUT2D eigenvalue weighted by Gasteiger charge is 2.35. The number of rotatable bonds is 6. The number of nitrogens with one attached hydrogen (secondary N) is 1. The normalized spacial score (nSPS) is 17.7. The van der Waals surface area contributed by atoms with Gasteiger partial charge < -0.3 is 10.2 Å². The quantitative estimate of drug-likeness (QED) is 0.674. The monoisotopic (exact) mass is 414 g/mol. The Bertz CT molecular complexity index is 1090. The van der Waals surface area contributed by atoms with E-state index in [9.17, 15) is 9.59 Å². The largest absolute Gasteiger partial charge is 0.352 e. The Morgan fingerprint density at radius 1 is 1.06 bits per heavy atom. The van der Waals surface area contributed by atoms with E-state index in [0.717, 1.165) is 36.2 Å². The van der Waals surface area contributed by atoms with Crippen molar-refractivity contribution >= 4 is 17.5 Å². The van der Waals surface area contributed by atoms with Crippen molar-refractivity contribution < 1.29 is 9.59 Å². The lowest BCUT2D eigenvalue weighted by Gasteiger charge is -2.18. The molecule has 0 spiro atoms. The van der Waals surface area contributed by atoms with Crippen LogP contribution in [0.5, 0.6) is 0 Å². The van der Waals surface area contributed by atoms with Crippen molar-refractivity contribution in [1.82, 2.24) is 15.1 Å². The first-order valence-corrected chi connectivity index (χ1v) is 10.9. The Hall–Kier alpha value is -3.41. The van der Waals surface area contributed by atoms with Gasteiger partial charge in [-0.15, -0.1) is 0 Å². The maximum Gasteiger partial charge on any atom is 0.227 e. The molecular weight excluding hydrogens is 388 g/mol. The van der Waals surface area contributed by atoms with E-state index in [2.05, 4.69) is 34.7 Å². The average Bonchev–Trinajstić information content (AvgIpc) is 3.53. The molecule has 0 bridgehead atoms. The summed E-state index contributed by atoms with van der Waals surface area (Å²) in [6.45, 7) is 1.64. The molecule has 5 rings (SSSR count). The molecule has 6 nitrogen and oxygen atoms in total. The molecule has 1 saturated heterocycles. The predicted molar refractivity (Wildman–Crippen MR) is 119 cm³/mol. The summed E-state index contributed by atoms with van der Waals surface area (Å²) in [5.74, 6) is -0.335. The number of carbonyl (C=O) groups is 2. The molecule has 0 unspecified atom stereocenters. The predicted octanol–water partition coefficient (Wildman–Crippen LogP) is 3.09. The highest BCUT2D eigenvalue weighted by Crippen LogP contribution is 2.30. The number of amides is 2. The summed E-state index contributed by atoms with van der Waals surface area (Å²) < 4.78 is 1.88. The third-order valence-corrected chi connectivity index (χ3v) is 6.28. The van der Waals surface area contributed by atoms with Crippen LogP contribution in [0.4, 0.5) is 5.69 Å². The second kappa shape index (κ2) is 8.38. The fraction of sp³-hybridized carbons (Fsp3) is 0.320. The molecule has 1 fully saturated rings. The number of benzene rings is 2. The van der Waals surface area contributed by atoms with Crippen LogP contribution in [0.15, 0.2) is 60.9 Å². The molecule has 1 atom stereocenters. The van der Waals surface area contributed by atoms with Crippen molar-refractivity contribution in [2.75, 3.05) is 11.4 Å².